The van der Waals surface area contributed by atoms with Crippen LogP contribution < -0.4 is 9.47 Å². The lowest BCUT2D eigenvalue weighted by molar-refractivity contribution is -0.133. The third kappa shape index (κ3) is 5.54. The SMILES string of the molecule is CC(=O)Oc1ccc(C=C2OC(=O)C(Br)=C2c2cc(Br)c(OC(C)=O)c(Br)c2)cc1Br. The molecule has 0 saturated carbocycles. The number of allylic oxidation sites excluding steroid dienone is 1. The van der Waals surface area contributed by atoms with Gasteiger partial charge in [-0.05, 0) is 105 Å². The van der Waals surface area contributed by atoms with Crippen LogP contribution in [0.4, 0.5) is 0 Å². The molecule has 3 rings (SSSR count). The molecule has 1 aliphatic rings. The molecule has 0 spiro atoms. The van der Waals surface area contributed by atoms with Crippen LogP contribution in [0.2, 0.25) is 0 Å². The van der Waals surface area contributed by atoms with Crippen molar-refractivity contribution in [1.29, 1.82) is 0 Å². The Morgan fingerprint density at radius 1 is 0.903 bits per heavy atom. The van der Waals surface area contributed by atoms with Crippen molar-refractivity contribution < 1.29 is 28.6 Å². The molecule has 0 N–H and O–H groups in total. The third-order valence-electron chi connectivity index (χ3n) is 3.89. The van der Waals surface area contributed by atoms with Crippen LogP contribution >= 0.6 is 63.7 Å². The zero-order chi connectivity index (χ0) is 22.9. The van der Waals surface area contributed by atoms with Crippen LogP contribution in [0, 0.1) is 0 Å². The summed E-state index contributed by atoms with van der Waals surface area (Å²) in [4.78, 5) is 34.8. The molecule has 6 nitrogen and oxygen atoms in total. The van der Waals surface area contributed by atoms with Crippen molar-refractivity contribution in [3.8, 4) is 11.5 Å². The number of carbonyl (C=O) groups excluding carboxylic acids is 3. The van der Waals surface area contributed by atoms with Crippen molar-refractivity contribution >= 4 is 93.3 Å². The molecule has 10 heteroatoms. The van der Waals surface area contributed by atoms with Crippen molar-refractivity contribution in [2.24, 2.45) is 0 Å². The second-order valence-electron chi connectivity index (χ2n) is 6.23. The van der Waals surface area contributed by atoms with Crippen LogP contribution in [-0.4, -0.2) is 17.9 Å². The van der Waals surface area contributed by atoms with E-state index < -0.39 is 17.9 Å². The van der Waals surface area contributed by atoms with Crippen LogP contribution in [0.1, 0.15) is 25.0 Å². The van der Waals surface area contributed by atoms with E-state index >= 15 is 0 Å². The van der Waals surface area contributed by atoms with Gasteiger partial charge in [0, 0.05) is 19.4 Å². The van der Waals surface area contributed by atoms with E-state index in [1.54, 1.807) is 36.4 Å². The van der Waals surface area contributed by atoms with Gasteiger partial charge in [-0.2, -0.15) is 0 Å². The predicted molar refractivity (Wildman–Crippen MR) is 129 cm³/mol. The molecule has 1 heterocycles. The zero-order valence-corrected chi connectivity index (χ0v) is 22.3. The first-order chi connectivity index (χ1) is 14.6. The van der Waals surface area contributed by atoms with Crippen LogP contribution in [0.5, 0.6) is 11.5 Å². The first kappa shape index (κ1) is 23.9. The molecule has 0 atom stereocenters. The lowest BCUT2D eigenvalue weighted by atomic mass is 10.0. The molecular formula is C21H12Br4O6. The highest BCUT2D eigenvalue weighted by atomic mass is 79.9. The number of rotatable bonds is 4. The minimum atomic E-state index is -0.534. The standard InChI is InChI=1S/C21H12Br4O6/c1-9(26)29-16-4-3-11(5-13(16)22)6-17-18(19(25)21(28)31-17)12-7-14(23)20(15(24)8-12)30-10(2)27/h3-8H,1-2H3. The second-order valence-corrected chi connectivity index (χ2v) is 9.59. The Hall–Kier alpha value is -1.75. The van der Waals surface area contributed by atoms with Gasteiger partial charge < -0.3 is 14.2 Å². The van der Waals surface area contributed by atoms with Gasteiger partial charge in [0.1, 0.15) is 16.0 Å². The van der Waals surface area contributed by atoms with Crippen molar-refractivity contribution in [1.82, 2.24) is 0 Å². The van der Waals surface area contributed by atoms with Crippen molar-refractivity contribution in [3.63, 3.8) is 0 Å². The van der Waals surface area contributed by atoms with E-state index in [4.69, 9.17) is 14.2 Å². The van der Waals surface area contributed by atoms with E-state index in [9.17, 15) is 14.4 Å². The molecule has 0 aromatic heterocycles. The average molecular weight is 680 g/mol. The quantitative estimate of drug-likeness (QED) is 0.270. The first-order valence-electron chi connectivity index (χ1n) is 8.56. The van der Waals surface area contributed by atoms with Gasteiger partial charge in [0.2, 0.25) is 0 Å². The molecular weight excluding hydrogens is 668 g/mol. The van der Waals surface area contributed by atoms with Gasteiger partial charge in [0.25, 0.3) is 0 Å². The molecule has 0 saturated heterocycles. The zero-order valence-electron chi connectivity index (χ0n) is 15.9. The molecule has 0 fully saturated rings. The summed E-state index contributed by atoms with van der Waals surface area (Å²) in [5, 5.41) is 0. The van der Waals surface area contributed by atoms with Crippen molar-refractivity contribution in [2.75, 3.05) is 0 Å². The van der Waals surface area contributed by atoms with Gasteiger partial charge >= 0.3 is 17.9 Å². The monoisotopic (exact) mass is 676 g/mol. The summed E-state index contributed by atoms with van der Waals surface area (Å²) in [6.07, 6.45) is 1.69. The number of esters is 3. The highest BCUT2D eigenvalue weighted by Crippen LogP contribution is 2.43. The minimum Gasteiger partial charge on any atom is -0.426 e. The fourth-order valence-electron chi connectivity index (χ4n) is 2.72. The molecule has 0 aliphatic carbocycles. The van der Waals surface area contributed by atoms with Crippen LogP contribution in [-0.2, 0) is 19.1 Å². The largest absolute Gasteiger partial charge is 0.426 e. The minimum absolute atomic E-state index is 0.258. The third-order valence-corrected chi connectivity index (χ3v) is 6.41. The summed E-state index contributed by atoms with van der Waals surface area (Å²) < 4.78 is 17.6. The first-order valence-corrected chi connectivity index (χ1v) is 11.7. The normalized spacial score (nSPS) is 14.6. The van der Waals surface area contributed by atoms with Gasteiger partial charge in [-0.25, -0.2) is 4.79 Å². The van der Waals surface area contributed by atoms with Crippen molar-refractivity contribution in [3.05, 3.63) is 65.1 Å². The smallest absolute Gasteiger partial charge is 0.351 e. The fraction of sp³-hybridized carbons (Fsp3) is 0.0952. The maximum atomic E-state index is 12.3. The van der Waals surface area contributed by atoms with E-state index in [2.05, 4.69) is 63.7 Å². The van der Waals surface area contributed by atoms with E-state index in [1.807, 2.05) is 0 Å². The summed E-state index contributed by atoms with van der Waals surface area (Å²) in [6, 6.07) is 8.53. The number of hydrogen-bond donors (Lipinski definition) is 0. The number of hydrogen-bond acceptors (Lipinski definition) is 6. The van der Waals surface area contributed by atoms with Crippen LogP contribution in [0.25, 0.3) is 11.6 Å². The summed E-state index contributed by atoms with van der Waals surface area (Å²) >= 11 is 13.5. The van der Waals surface area contributed by atoms with Gasteiger partial charge in [0.15, 0.2) is 5.75 Å². The fourth-order valence-corrected chi connectivity index (χ4v) is 5.05. The Balaban J connectivity index is 2.04. The molecule has 2 aromatic carbocycles. The molecule has 31 heavy (non-hydrogen) atoms. The molecule has 2 aromatic rings. The summed E-state index contributed by atoms with van der Waals surface area (Å²) in [5.41, 5.74) is 1.88. The molecule has 0 radical (unpaired) electrons. The number of cyclic esters (lactones) is 1. The maximum Gasteiger partial charge on any atom is 0.351 e. The van der Waals surface area contributed by atoms with Crippen LogP contribution in [0.3, 0.4) is 0 Å². The predicted octanol–water partition coefficient (Wildman–Crippen LogP) is 6.53. The average Bonchev–Trinajstić information content (AvgIpc) is 2.93. The number of ether oxygens (including phenoxy) is 3. The summed E-state index contributed by atoms with van der Waals surface area (Å²) in [5.74, 6) is -0.398. The number of halogens is 4. The Bertz CT molecular complexity index is 1160. The second kappa shape index (κ2) is 9.81. The van der Waals surface area contributed by atoms with Crippen LogP contribution in [0.15, 0.2) is 54.0 Å². The van der Waals surface area contributed by atoms with Crippen molar-refractivity contribution in [2.45, 2.75) is 13.8 Å². The highest BCUT2D eigenvalue weighted by molar-refractivity contribution is 9.12. The molecule has 1 aliphatic heterocycles. The van der Waals surface area contributed by atoms with Gasteiger partial charge in [0.05, 0.1) is 13.4 Å². The van der Waals surface area contributed by atoms with E-state index in [1.165, 1.54) is 13.8 Å². The van der Waals surface area contributed by atoms with Gasteiger partial charge in [-0.15, -0.1) is 0 Å². The molecule has 0 bridgehead atoms. The molecule has 0 amide bonds. The number of benzene rings is 2. The van der Waals surface area contributed by atoms with E-state index in [0.29, 0.717) is 47.4 Å². The Morgan fingerprint density at radius 2 is 1.52 bits per heavy atom. The Morgan fingerprint density at radius 3 is 2.06 bits per heavy atom. The maximum absolute atomic E-state index is 12.3. The Kier molecular flexibility index (Phi) is 7.56. The summed E-state index contributed by atoms with van der Waals surface area (Å²) in [6.45, 7) is 2.62. The molecule has 0 unspecified atom stereocenters. The molecule has 160 valence electrons. The number of carbonyl (C=O) groups is 3. The lowest BCUT2D eigenvalue weighted by Crippen LogP contribution is -2.03. The lowest BCUT2D eigenvalue weighted by Gasteiger charge is -2.11. The van der Waals surface area contributed by atoms with E-state index in [-0.39, 0.29) is 4.48 Å². The Labute approximate surface area is 211 Å². The highest BCUT2D eigenvalue weighted by Gasteiger charge is 2.30. The van der Waals surface area contributed by atoms with Gasteiger partial charge in [-0.1, -0.05) is 6.07 Å². The van der Waals surface area contributed by atoms with E-state index in [0.717, 1.165) is 0 Å². The summed E-state index contributed by atoms with van der Waals surface area (Å²) in [7, 11) is 0. The van der Waals surface area contributed by atoms with Gasteiger partial charge in [-0.3, -0.25) is 9.59 Å². The topological polar surface area (TPSA) is 78.9 Å².